The predicted molar refractivity (Wildman–Crippen MR) is 93.9 cm³/mol. The van der Waals surface area contributed by atoms with Crippen LogP contribution in [0, 0.1) is 12.7 Å². The molecule has 3 N–H and O–H groups in total. The highest BCUT2D eigenvalue weighted by molar-refractivity contribution is 5.89. The molecule has 3 rings (SSSR count). The van der Waals surface area contributed by atoms with E-state index in [0.29, 0.717) is 23.8 Å². The number of benzene rings is 1. The van der Waals surface area contributed by atoms with Crippen LogP contribution < -0.4 is 16.0 Å². The van der Waals surface area contributed by atoms with Gasteiger partial charge in [-0.3, -0.25) is 9.69 Å². The molecule has 3 amide bonds. The lowest BCUT2D eigenvalue weighted by atomic mass is 10.1. The van der Waals surface area contributed by atoms with Crippen LogP contribution in [-0.2, 0) is 4.79 Å². The Morgan fingerprint density at radius 3 is 2.44 bits per heavy atom. The molecular formula is C18H25FN4O2. The van der Waals surface area contributed by atoms with Gasteiger partial charge in [0.25, 0.3) is 0 Å². The number of halogens is 1. The van der Waals surface area contributed by atoms with Gasteiger partial charge < -0.3 is 16.0 Å². The molecule has 1 aliphatic heterocycles. The molecular weight excluding hydrogens is 323 g/mol. The minimum absolute atomic E-state index is 0.0873. The van der Waals surface area contributed by atoms with Gasteiger partial charge in [-0.25, -0.2) is 9.18 Å². The third kappa shape index (κ3) is 5.42. The van der Waals surface area contributed by atoms with Crippen molar-refractivity contribution < 1.29 is 14.0 Å². The number of carbonyl (C=O) groups is 2. The number of hydrogen-bond acceptors (Lipinski definition) is 3. The van der Waals surface area contributed by atoms with Crippen molar-refractivity contribution in [2.75, 3.05) is 25.0 Å². The zero-order valence-corrected chi connectivity index (χ0v) is 14.5. The second kappa shape index (κ2) is 7.82. The first kappa shape index (κ1) is 17.7. The Hall–Kier alpha value is -2.15. The summed E-state index contributed by atoms with van der Waals surface area (Å²) in [6.45, 7) is 3.68. The van der Waals surface area contributed by atoms with Crippen LogP contribution in [0.25, 0.3) is 0 Å². The van der Waals surface area contributed by atoms with Crippen molar-refractivity contribution in [1.29, 1.82) is 0 Å². The highest BCUT2D eigenvalue weighted by Crippen LogP contribution is 2.19. The van der Waals surface area contributed by atoms with Crippen molar-refractivity contribution in [2.45, 2.75) is 44.7 Å². The fraction of sp³-hybridized carbons (Fsp3) is 0.556. The fourth-order valence-corrected chi connectivity index (χ4v) is 3.01. The topological polar surface area (TPSA) is 73.5 Å². The van der Waals surface area contributed by atoms with E-state index in [1.807, 2.05) is 0 Å². The maximum atomic E-state index is 13.2. The van der Waals surface area contributed by atoms with E-state index in [-0.39, 0.29) is 23.8 Å². The molecule has 1 heterocycles. The first-order valence-corrected chi connectivity index (χ1v) is 8.85. The molecule has 0 spiro atoms. The van der Waals surface area contributed by atoms with Crippen LogP contribution in [0.1, 0.15) is 31.2 Å². The summed E-state index contributed by atoms with van der Waals surface area (Å²) >= 11 is 0. The molecule has 0 atom stereocenters. The summed E-state index contributed by atoms with van der Waals surface area (Å²) in [6, 6.07) is 4.69. The Morgan fingerprint density at radius 2 is 1.80 bits per heavy atom. The summed E-state index contributed by atoms with van der Waals surface area (Å²) < 4.78 is 13.2. The lowest BCUT2D eigenvalue weighted by Crippen LogP contribution is -2.48. The maximum Gasteiger partial charge on any atom is 0.319 e. The molecule has 0 unspecified atom stereocenters. The molecule has 0 bridgehead atoms. The highest BCUT2D eigenvalue weighted by Gasteiger charge is 2.26. The first-order valence-electron chi connectivity index (χ1n) is 8.85. The van der Waals surface area contributed by atoms with Crippen LogP contribution >= 0.6 is 0 Å². The third-order valence-corrected chi connectivity index (χ3v) is 4.65. The third-order valence-electron chi connectivity index (χ3n) is 4.65. The number of aryl methyl sites for hydroxylation is 1. The van der Waals surface area contributed by atoms with E-state index in [4.69, 9.17) is 0 Å². The van der Waals surface area contributed by atoms with E-state index in [0.717, 1.165) is 38.8 Å². The zero-order chi connectivity index (χ0) is 17.8. The number of anilines is 1. The van der Waals surface area contributed by atoms with Crippen LogP contribution in [0.4, 0.5) is 14.9 Å². The molecule has 1 aliphatic carbocycles. The SMILES string of the molecule is Cc1cc(NC(=O)NC2CCN(CC(=O)NC3CC3)CC2)ccc1F. The van der Waals surface area contributed by atoms with Crippen LogP contribution in [0.15, 0.2) is 18.2 Å². The van der Waals surface area contributed by atoms with Crippen LogP contribution in [0.3, 0.4) is 0 Å². The molecule has 2 fully saturated rings. The van der Waals surface area contributed by atoms with Crippen molar-refractivity contribution in [1.82, 2.24) is 15.5 Å². The quantitative estimate of drug-likeness (QED) is 0.762. The zero-order valence-electron chi connectivity index (χ0n) is 14.5. The molecule has 1 aromatic rings. The summed E-state index contributed by atoms with van der Waals surface area (Å²) in [5, 5.41) is 8.67. The lowest BCUT2D eigenvalue weighted by Gasteiger charge is -2.31. The van der Waals surface area contributed by atoms with E-state index in [9.17, 15) is 14.0 Å². The van der Waals surface area contributed by atoms with Crippen LogP contribution in [-0.4, -0.2) is 48.6 Å². The number of rotatable bonds is 5. The Labute approximate surface area is 147 Å². The number of nitrogens with zero attached hydrogens (tertiary/aromatic N) is 1. The number of nitrogens with one attached hydrogen (secondary N) is 3. The van der Waals surface area contributed by atoms with Gasteiger partial charge in [0.2, 0.25) is 5.91 Å². The molecule has 1 saturated heterocycles. The Kier molecular flexibility index (Phi) is 5.53. The molecule has 6 nitrogen and oxygen atoms in total. The summed E-state index contributed by atoms with van der Waals surface area (Å²) in [5.41, 5.74) is 1.07. The van der Waals surface area contributed by atoms with Gasteiger partial charge in [-0.1, -0.05) is 0 Å². The van der Waals surface area contributed by atoms with Gasteiger partial charge in [0.15, 0.2) is 0 Å². The van der Waals surface area contributed by atoms with Crippen LogP contribution in [0.5, 0.6) is 0 Å². The lowest BCUT2D eigenvalue weighted by molar-refractivity contribution is -0.122. The van der Waals surface area contributed by atoms with Crippen molar-refractivity contribution >= 4 is 17.6 Å². The first-order chi connectivity index (χ1) is 12.0. The summed E-state index contributed by atoms with van der Waals surface area (Å²) in [6.07, 6.45) is 3.82. The standard InChI is InChI=1S/C18H25FN4O2/c1-12-10-15(4-5-16(12)19)22-18(25)21-14-6-8-23(9-7-14)11-17(24)20-13-2-3-13/h4-5,10,13-14H,2-3,6-9,11H2,1H3,(H,20,24)(H2,21,22,25). The monoisotopic (exact) mass is 348 g/mol. The van der Waals surface area contributed by atoms with Gasteiger partial charge >= 0.3 is 6.03 Å². The minimum atomic E-state index is -0.288. The summed E-state index contributed by atoms with van der Waals surface area (Å²) in [5.74, 6) is -0.192. The molecule has 136 valence electrons. The van der Waals surface area contributed by atoms with Gasteiger partial charge in [-0.15, -0.1) is 0 Å². The average Bonchev–Trinajstić information content (AvgIpc) is 3.36. The number of likely N-dealkylation sites (tertiary alicyclic amines) is 1. The van der Waals surface area contributed by atoms with Gasteiger partial charge in [0.1, 0.15) is 5.82 Å². The normalized spacial score (nSPS) is 18.6. The number of piperidine rings is 1. The minimum Gasteiger partial charge on any atom is -0.352 e. The van der Waals surface area contributed by atoms with Crippen molar-refractivity contribution in [2.24, 2.45) is 0 Å². The van der Waals surface area contributed by atoms with Gasteiger partial charge in [-0.2, -0.15) is 0 Å². The van der Waals surface area contributed by atoms with E-state index in [2.05, 4.69) is 20.9 Å². The van der Waals surface area contributed by atoms with E-state index < -0.39 is 0 Å². The second-order valence-electron chi connectivity index (χ2n) is 6.95. The summed E-state index contributed by atoms with van der Waals surface area (Å²) in [7, 11) is 0. The Morgan fingerprint density at radius 1 is 1.12 bits per heavy atom. The predicted octanol–water partition coefficient (Wildman–Crippen LogP) is 2.00. The van der Waals surface area contributed by atoms with Crippen LogP contribution in [0.2, 0.25) is 0 Å². The largest absolute Gasteiger partial charge is 0.352 e. The van der Waals surface area contributed by atoms with Gasteiger partial charge in [0, 0.05) is 30.9 Å². The number of urea groups is 1. The molecule has 2 aliphatic rings. The number of hydrogen-bond donors (Lipinski definition) is 3. The maximum absolute atomic E-state index is 13.2. The molecule has 25 heavy (non-hydrogen) atoms. The second-order valence-corrected chi connectivity index (χ2v) is 6.95. The number of amides is 3. The van der Waals surface area contributed by atoms with Gasteiger partial charge in [-0.05, 0) is 56.4 Å². The smallest absolute Gasteiger partial charge is 0.319 e. The average molecular weight is 348 g/mol. The van der Waals surface area contributed by atoms with E-state index in [1.165, 1.54) is 6.07 Å². The number of carbonyl (C=O) groups excluding carboxylic acids is 2. The summed E-state index contributed by atoms with van der Waals surface area (Å²) in [4.78, 5) is 26.0. The van der Waals surface area contributed by atoms with Gasteiger partial charge in [0.05, 0.1) is 6.54 Å². The van der Waals surface area contributed by atoms with Crippen molar-refractivity contribution in [3.63, 3.8) is 0 Å². The van der Waals surface area contributed by atoms with Crippen molar-refractivity contribution in [3.05, 3.63) is 29.6 Å². The highest BCUT2D eigenvalue weighted by atomic mass is 19.1. The molecule has 1 saturated carbocycles. The van der Waals surface area contributed by atoms with E-state index in [1.54, 1.807) is 19.1 Å². The fourth-order valence-electron chi connectivity index (χ4n) is 3.01. The van der Waals surface area contributed by atoms with Crippen molar-refractivity contribution in [3.8, 4) is 0 Å². The van der Waals surface area contributed by atoms with E-state index >= 15 is 0 Å². The molecule has 0 radical (unpaired) electrons. The molecule has 7 heteroatoms. The molecule has 0 aromatic heterocycles. The Balaban J connectivity index is 1.38. The molecule has 1 aromatic carbocycles. The Bertz CT molecular complexity index is 640.